The van der Waals surface area contributed by atoms with E-state index < -0.39 is 23.1 Å². The SMILES string of the molecule is N#CC1(c2cccc(Cl)c2C(=O)NC2=C(C(=N)c3ccc(C(=O)O)cc3F)CCC(C=O)C2)CCC1. The highest BCUT2D eigenvalue weighted by molar-refractivity contribution is 6.34. The van der Waals surface area contributed by atoms with Crippen molar-refractivity contribution < 1.29 is 23.9 Å². The Morgan fingerprint density at radius 2 is 2.03 bits per heavy atom. The predicted octanol–water partition coefficient (Wildman–Crippen LogP) is 5.17. The monoisotopic (exact) mass is 507 g/mol. The van der Waals surface area contributed by atoms with E-state index in [0.29, 0.717) is 36.1 Å². The van der Waals surface area contributed by atoms with E-state index in [9.17, 15) is 24.0 Å². The molecule has 0 radical (unpaired) electrons. The van der Waals surface area contributed by atoms with Crippen LogP contribution in [0.3, 0.4) is 0 Å². The maximum absolute atomic E-state index is 14.7. The third-order valence-corrected chi connectivity index (χ3v) is 7.33. The molecule has 1 unspecified atom stereocenters. The molecule has 7 nitrogen and oxygen atoms in total. The number of carboxylic acid groups (broad SMARTS) is 1. The van der Waals surface area contributed by atoms with Crippen molar-refractivity contribution in [2.45, 2.75) is 43.9 Å². The van der Waals surface area contributed by atoms with Crippen LogP contribution in [0.2, 0.25) is 5.02 Å². The standard InChI is InChI=1S/C27H23ClFN3O4/c28-20-4-1-3-19(27(14-30)9-2-10-27)23(20)25(34)32-22-11-15(13-33)5-7-18(22)24(31)17-8-6-16(26(35)36)12-21(17)29/h1,3-4,6,8,12-13,15,31H,2,5,7,9-11H2,(H,32,34)(H,35,36). The molecule has 0 saturated heterocycles. The summed E-state index contributed by atoms with van der Waals surface area (Å²) in [5.74, 6) is -3.11. The molecule has 0 spiro atoms. The Kier molecular flexibility index (Phi) is 7.04. The molecular formula is C27H23ClFN3O4. The van der Waals surface area contributed by atoms with Crippen LogP contribution in [0, 0.1) is 28.5 Å². The highest BCUT2D eigenvalue weighted by Crippen LogP contribution is 2.45. The van der Waals surface area contributed by atoms with Crippen LogP contribution < -0.4 is 5.32 Å². The molecule has 1 fully saturated rings. The first-order chi connectivity index (χ1) is 17.2. The molecule has 2 aliphatic carbocycles. The van der Waals surface area contributed by atoms with Gasteiger partial charge in [-0.15, -0.1) is 0 Å². The number of aromatic carboxylic acids is 1. The average Bonchev–Trinajstić information content (AvgIpc) is 2.83. The van der Waals surface area contributed by atoms with Crippen LogP contribution >= 0.6 is 11.6 Å². The van der Waals surface area contributed by atoms with E-state index in [-0.39, 0.29) is 46.2 Å². The maximum Gasteiger partial charge on any atom is 0.335 e. The van der Waals surface area contributed by atoms with Gasteiger partial charge in [0.2, 0.25) is 0 Å². The van der Waals surface area contributed by atoms with E-state index in [4.69, 9.17) is 22.1 Å². The number of amides is 1. The third kappa shape index (κ3) is 4.54. The number of carbonyl (C=O) groups is 3. The number of rotatable bonds is 7. The van der Waals surface area contributed by atoms with Crippen LogP contribution in [0.5, 0.6) is 0 Å². The van der Waals surface area contributed by atoms with Gasteiger partial charge in [0.05, 0.1) is 33.3 Å². The lowest BCUT2D eigenvalue weighted by Crippen LogP contribution is -2.37. The zero-order valence-corrected chi connectivity index (χ0v) is 20.0. The van der Waals surface area contributed by atoms with Crippen LogP contribution in [0.25, 0.3) is 0 Å². The minimum atomic E-state index is -1.29. The fourth-order valence-corrected chi connectivity index (χ4v) is 5.09. The van der Waals surface area contributed by atoms with Gasteiger partial charge in [0.25, 0.3) is 5.91 Å². The van der Waals surface area contributed by atoms with Crippen LogP contribution in [0.15, 0.2) is 47.7 Å². The van der Waals surface area contributed by atoms with Gasteiger partial charge >= 0.3 is 5.97 Å². The molecule has 9 heteroatoms. The van der Waals surface area contributed by atoms with Crippen molar-refractivity contribution in [2.24, 2.45) is 5.92 Å². The maximum atomic E-state index is 14.7. The molecule has 3 N–H and O–H groups in total. The van der Waals surface area contributed by atoms with Gasteiger partial charge in [0, 0.05) is 17.2 Å². The number of aldehydes is 1. The van der Waals surface area contributed by atoms with Crippen LogP contribution in [-0.4, -0.2) is 29.0 Å². The Bertz CT molecular complexity index is 1360. The van der Waals surface area contributed by atoms with Gasteiger partial charge < -0.3 is 15.2 Å². The fourth-order valence-electron chi connectivity index (χ4n) is 4.82. The van der Waals surface area contributed by atoms with Crippen molar-refractivity contribution in [1.29, 1.82) is 10.7 Å². The molecule has 4 rings (SSSR count). The van der Waals surface area contributed by atoms with Gasteiger partial charge in [0.1, 0.15) is 12.1 Å². The van der Waals surface area contributed by atoms with Crippen molar-refractivity contribution in [1.82, 2.24) is 5.32 Å². The van der Waals surface area contributed by atoms with Crippen molar-refractivity contribution in [3.8, 4) is 6.07 Å². The van der Waals surface area contributed by atoms with Gasteiger partial charge in [0.15, 0.2) is 0 Å². The first-order valence-corrected chi connectivity index (χ1v) is 11.9. The average molecular weight is 508 g/mol. The van der Waals surface area contributed by atoms with Gasteiger partial charge in [-0.25, -0.2) is 9.18 Å². The minimum absolute atomic E-state index is 0.109. The van der Waals surface area contributed by atoms with Crippen LogP contribution in [-0.2, 0) is 10.2 Å². The summed E-state index contributed by atoms with van der Waals surface area (Å²) in [7, 11) is 0. The van der Waals surface area contributed by atoms with Gasteiger partial charge in [-0.3, -0.25) is 10.2 Å². The Labute approximate surface area is 212 Å². The first-order valence-electron chi connectivity index (χ1n) is 11.5. The van der Waals surface area contributed by atoms with Crippen molar-refractivity contribution >= 4 is 35.5 Å². The minimum Gasteiger partial charge on any atom is -0.478 e. The number of nitriles is 1. The summed E-state index contributed by atoms with van der Waals surface area (Å²) < 4.78 is 14.7. The lowest BCUT2D eigenvalue weighted by Gasteiger charge is -2.37. The summed E-state index contributed by atoms with van der Waals surface area (Å²) in [4.78, 5) is 36.2. The number of carbonyl (C=O) groups excluding carboxylic acids is 2. The second kappa shape index (κ2) is 10.0. The van der Waals surface area contributed by atoms with Gasteiger partial charge in [-0.2, -0.15) is 5.26 Å². The zero-order valence-electron chi connectivity index (χ0n) is 19.2. The molecule has 0 heterocycles. The van der Waals surface area contributed by atoms with E-state index in [2.05, 4.69) is 11.4 Å². The largest absolute Gasteiger partial charge is 0.478 e. The van der Waals surface area contributed by atoms with Crippen molar-refractivity contribution in [3.63, 3.8) is 0 Å². The van der Waals surface area contributed by atoms with E-state index in [1.54, 1.807) is 18.2 Å². The summed E-state index contributed by atoms with van der Waals surface area (Å²) >= 11 is 6.42. The van der Waals surface area contributed by atoms with Crippen molar-refractivity contribution in [3.05, 3.63) is 80.8 Å². The number of allylic oxidation sites excluding steroid dienone is 2. The zero-order chi connectivity index (χ0) is 26.0. The second-order valence-electron chi connectivity index (χ2n) is 9.13. The van der Waals surface area contributed by atoms with E-state index in [1.807, 2.05) is 0 Å². The van der Waals surface area contributed by atoms with Crippen LogP contribution in [0.1, 0.15) is 70.4 Å². The van der Waals surface area contributed by atoms with Gasteiger partial charge in [-0.1, -0.05) is 23.7 Å². The first kappa shape index (κ1) is 25.3. The molecule has 0 aromatic heterocycles. The molecule has 2 aromatic rings. The quantitative estimate of drug-likeness (QED) is 0.351. The van der Waals surface area contributed by atoms with E-state index >= 15 is 0 Å². The summed E-state index contributed by atoms with van der Waals surface area (Å²) in [6.07, 6.45) is 3.68. The molecule has 36 heavy (non-hydrogen) atoms. The lowest BCUT2D eigenvalue weighted by atomic mass is 9.64. The number of benzene rings is 2. The number of halogens is 2. The molecule has 2 aromatic carbocycles. The smallest absolute Gasteiger partial charge is 0.335 e. The molecule has 1 atom stereocenters. The predicted molar refractivity (Wildman–Crippen MR) is 131 cm³/mol. The molecule has 0 aliphatic heterocycles. The third-order valence-electron chi connectivity index (χ3n) is 7.02. The number of nitrogens with zero attached hydrogens (tertiary/aromatic N) is 1. The highest BCUT2D eigenvalue weighted by atomic mass is 35.5. The summed E-state index contributed by atoms with van der Waals surface area (Å²) in [5.41, 5.74) is 0.0224. The molecule has 2 aliphatic rings. The number of hydrogen-bond acceptors (Lipinski definition) is 5. The highest BCUT2D eigenvalue weighted by Gasteiger charge is 2.42. The fraction of sp³-hybridized carbons (Fsp3) is 0.296. The molecular weight excluding hydrogens is 485 g/mol. The molecule has 1 amide bonds. The summed E-state index contributed by atoms with van der Waals surface area (Å²) in [5, 5.41) is 30.5. The Morgan fingerprint density at radius 1 is 1.28 bits per heavy atom. The van der Waals surface area contributed by atoms with Crippen LogP contribution in [0.4, 0.5) is 4.39 Å². The Morgan fingerprint density at radius 3 is 2.61 bits per heavy atom. The van der Waals surface area contributed by atoms with E-state index in [1.165, 1.54) is 12.1 Å². The number of carboxylic acids is 1. The molecule has 184 valence electrons. The van der Waals surface area contributed by atoms with Crippen molar-refractivity contribution in [2.75, 3.05) is 0 Å². The summed E-state index contributed by atoms with van der Waals surface area (Å²) in [6.45, 7) is 0. The summed E-state index contributed by atoms with van der Waals surface area (Å²) in [6, 6.07) is 10.6. The number of hydrogen-bond donors (Lipinski definition) is 3. The number of nitrogens with one attached hydrogen (secondary N) is 2. The second-order valence-corrected chi connectivity index (χ2v) is 9.54. The van der Waals surface area contributed by atoms with Gasteiger partial charge in [-0.05, 0) is 73.9 Å². The lowest BCUT2D eigenvalue weighted by molar-refractivity contribution is -0.111. The van der Waals surface area contributed by atoms with E-state index in [0.717, 1.165) is 18.8 Å². The molecule has 0 bridgehead atoms. The topological polar surface area (TPSA) is 131 Å². The Hall–Kier alpha value is -3.83. The Balaban J connectivity index is 1.73. The molecule has 1 saturated carbocycles. The normalized spacial score (nSPS) is 18.5.